The SMILES string of the molecule is COc1ccccc1C(=O)OCCNC1=NCc2ccccc21. The number of esters is 1. The van der Waals surface area contributed by atoms with Crippen LogP contribution >= 0.6 is 0 Å². The lowest BCUT2D eigenvalue weighted by Gasteiger charge is -2.10. The van der Waals surface area contributed by atoms with Crippen molar-refractivity contribution in [3.8, 4) is 5.75 Å². The van der Waals surface area contributed by atoms with E-state index in [-0.39, 0.29) is 6.61 Å². The molecule has 1 aliphatic rings. The third-order valence-corrected chi connectivity index (χ3v) is 3.63. The molecule has 1 aliphatic heterocycles. The van der Waals surface area contributed by atoms with Gasteiger partial charge in [0.15, 0.2) is 0 Å². The molecule has 0 radical (unpaired) electrons. The maximum atomic E-state index is 12.1. The van der Waals surface area contributed by atoms with E-state index >= 15 is 0 Å². The molecule has 1 heterocycles. The van der Waals surface area contributed by atoms with Crippen LogP contribution < -0.4 is 10.1 Å². The summed E-state index contributed by atoms with van der Waals surface area (Å²) < 4.78 is 10.4. The minimum Gasteiger partial charge on any atom is -0.496 e. The van der Waals surface area contributed by atoms with Crippen LogP contribution in [0.25, 0.3) is 0 Å². The third kappa shape index (κ3) is 3.34. The van der Waals surface area contributed by atoms with Crippen molar-refractivity contribution < 1.29 is 14.3 Å². The Kier molecular flexibility index (Phi) is 4.57. The van der Waals surface area contributed by atoms with Gasteiger partial charge in [-0.1, -0.05) is 36.4 Å². The van der Waals surface area contributed by atoms with Gasteiger partial charge in [0.1, 0.15) is 23.8 Å². The van der Waals surface area contributed by atoms with Crippen LogP contribution in [-0.2, 0) is 11.3 Å². The Bertz CT molecular complexity index is 741. The third-order valence-electron chi connectivity index (χ3n) is 3.63. The summed E-state index contributed by atoms with van der Waals surface area (Å²) in [6.07, 6.45) is 0. The molecule has 0 aromatic heterocycles. The Balaban J connectivity index is 1.50. The number of amidine groups is 1. The Hall–Kier alpha value is -2.82. The number of carbonyl (C=O) groups is 1. The number of methoxy groups -OCH3 is 1. The molecular weight excluding hydrogens is 292 g/mol. The molecule has 2 aromatic rings. The Morgan fingerprint density at radius 1 is 1.17 bits per heavy atom. The molecule has 0 spiro atoms. The summed E-state index contributed by atoms with van der Waals surface area (Å²) >= 11 is 0. The first-order chi connectivity index (χ1) is 11.3. The average molecular weight is 310 g/mol. The number of nitrogens with zero attached hydrogens (tertiary/aromatic N) is 1. The zero-order valence-corrected chi connectivity index (χ0v) is 12.9. The minimum atomic E-state index is -0.391. The van der Waals surface area contributed by atoms with E-state index in [4.69, 9.17) is 9.47 Å². The van der Waals surface area contributed by atoms with E-state index in [0.717, 1.165) is 11.4 Å². The molecule has 0 saturated heterocycles. The van der Waals surface area contributed by atoms with Gasteiger partial charge in [-0.2, -0.15) is 0 Å². The second-order valence-electron chi connectivity index (χ2n) is 5.08. The predicted molar refractivity (Wildman–Crippen MR) is 88.0 cm³/mol. The van der Waals surface area contributed by atoms with E-state index in [1.165, 1.54) is 12.7 Å². The normalized spacial score (nSPS) is 12.3. The van der Waals surface area contributed by atoms with Crippen molar-refractivity contribution in [1.82, 2.24) is 5.32 Å². The summed E-state index contributed by atoms with van der Waals surface area (Å²) in [7, 11) is 1.53. The van der Waals surface area contributed by atoms with Gasteiger partial charge in [-0.15, -0.1) is 0 Å². The van der Waals surface area contributed by atoms with Crippen molar-refractivity contribution in [1.29, 1.82) is 0 Å². The van der Waals surface area contributed by atoms with Crippen molar-refractivity contribution in [2.75, 3.05) is 20.3 Å². The van der Waals surface area contributed by atoms with Gasteiger partial charge < -0.3 is 14.8 Å². The maximum absolute atomic E-state index is 12.1. The van der Waals surface area contributed by atoms with Gasteiger partial charge in [-0.05, 0) is 17.7 Å². The zero-order valence-electron chi connectivity index (χ0n) is 12.9. The van der Waals surface area contributed by atoms with Crippen molar-refractivity contribution in [3.63, 3.8) is 0 Å². The summed E-state index contributed by atoms with van der Waals surface area (Å²) in [5, 5.41) is 3.21. The fraction of sp³-hybridized carbons (Fsp3) is 0.222. The first-order valence-corrected chi connectivity index (χ1v) is 7.46. The van der Waals surface area contributed by atoms with Gasteiger partial charge in [0.25, 0.3) is 0 Å². The molecule has 3 rings (SSSR count). The first kappa shape index (κ1) is 15.1. The van der Waals surface area contributed by atoms with Crippen molar-refractivity contribution in [3.05, 3.63) is 65.2 Å². The Morgan fingerprint density at radius 2 is 1.96 bits per heavy atom. The molecule has 5 heteroatoms. The highest BCUT2D eigenvalue weighted by Crippen LogP contribution is 2.18. The van der Waals surface area contributed by atoms with E-state index in [0.29, 0.717) is 24.4 Å². The topological polar surface area (TPSA) is 59.9 Å². The number of aliphatic imine (C=N–C) groups is 1. The number of benzene rings is 2. The van der Waals surface area contributed by atoms with E-state index in [1.807, 2.05) is 24.3 Å². The average Bonchev–Trinajstić information content (AvgIpc) is 3.01. The number of nitrogens with one attached hydrogen (secondary N) is 1. The van der Waals surface area contributed by atoms with Crippen molar-refractivity contribution in [2.24, 2.45) is 4.99 Å². The second-order valence-corrected chi connectivity index (χ2v) is 5.08. The monoisotopic (exact) mass is 310 g/mol. The molecule has 0 amide bonds. The summed E-state index contributed by atoms with van der Waals surface area (Å²) in [6, 6.07) is 15.1. The Morgan fingerprint density at radius 3 is 2.83 bits per heavy atom. The molecule has 2 aromatic carbocycles. The van der Waals surface area contributed by atoms with Crippen LogP contribution in [0.3, 0.4) is 0 Å². The second kappa shape index (κ2) is 6.96. The fourth-order valence-corrected chi connectivity index (χ4v) is 2.49. The molecule has 0 atom stereocenters. The highest BCUT2D eigenvalue weighted by atomic mass is 16.5. The van der Waals surface area contributed by atoms with E-state index in [1.54, 1.807) is 18.2 Å². The van der Waals surface area contributed by atoms with Crippen LogP contribution in [0.4, 0.5) is 0 Å². The lowest BCUT2D eigenvalue weighted by molar-refractivity contribution is 0.0509. The predicted octanol–water partition coefficient (Wildman–Crippen LogP) is 2.40. The number of hydrogen-bond acceptors (Lipinski definition) is 5. The van der Waals surface area contributed by atoms with Gasteiger partial charge >= 0.3 is 5.97 Å². The van der Waals surface area contributed by atoms with Crippen LogP contribution in [-0.4, -0.2) is 32.1 Å². The molecule has 5 nitrogen and oxygen atoms in total. The van der Waals surface area contributed by atoms with Gasteiger partial charge in [-0.25, -0.2) is 4.79 Å². The number of carbonyl (C=O) groups excluding carboxylic acids is 1. The molecule has 0 fully saturated rings. The largest absolute Gasteiger partial charge is 0.496 e. The quantitative estimate of drug-likeness (QED) is 0.680. The highest BCUT2D eigenvalue weighted by Gasteiger charge is 2.15. The van der Waals surface area contributed by atoms with Crippen LogP contribution in [0.1, 0.15) is 21.5 Å². The van der Waals surface area contributed by atoms with Gasteiger partial charge in [0, 0.05) is 5.56 Å². The molecule has 0 unspecified atom stereocenters. The maximum Gasteiger partial charge on any atom is 0.341 e. The molecule has 0 bridgehead atoms. The van der Waals surface area contributed by atoms with Crippen molar-refractivity contribution in [2.45, 2.75) is 6.54 Å². The standard InChI is InChI=1S/C18H18N2O3/c1-22-16-9-5-4-8-15(16)18(21)23-11-10-19-17-14-7-3-2-6-13(14)12-20-17/h2-9H,10-12H2,1H3,(H,19,20). The zero-order chi connectivity index (χ0) is 16.1. The van der Waals surface area contributed by atoms with Crippen LogP contribution in [0.2, 0.25) is 0 Å². The molecule has 0 saturated carbocycles. The number of fused-ring (bicyclic) bond motifs is 1. The summed E-state index contributed by atoms with van der Waals surface area (Å²) in [5.74, 6) is 0.978. The summed E-state index contributed by atoms with van der Waals surface area (Å²) in [5.41, 5.74) is 2.75. The van der Waals surface area contributed by atoms with Gasteiger partial charge in [0.2, 0.25) is 0 Å². The van der Waals surface area contributed by atoms with E-state index < -0.39 is 5.97 Å². The van der Waals surface area contributed by atoms with Gasteiger partial charge in [-0.3, -0.25) is 4.99 Å². The molecule has 118 valence electrons. The first-order valence-electron chi connectivity index (χ1n) is 7.46. The molecule has 1 N–H and O–H groups in total. The van der Waals surface area contributed by atoms with Crippen LogP contribution in [0.5, 0.6) is 5.75 Å². The molecular formula is C18H18N2O3. The van der Waals surface area contributed by atoms with Crippen LogP contribution in [0.15, 0.2) is 53.5 Å². The number of ether oxygens (including phenoxy) is 2. The van der Waals surface area contributed by atoms with E-state index in [2.05, 4.69) is 16.4 Å². The number of para-hydroxylation sites is 1. The lowest BCUT2D eigenvalue weighted by atomic mass is 10.1. The lowest BCUT2D eigenvalue weighted by Crippen LogP contribution is -2.28. The Labute approximate surface area is 135 Å². The number of hydrogen-bond donors (Lipinski definition) is 1. The summed E-state index contributed by atoms with van der Waals surface area (Å²) in [4.78, 5) is 16.5. The smallest absolute Gasteiger partial charge is 0.341 e. The van der Waals surface area contributed by atoms with E-state index in [9.17, 15) is 4.79 Å². The summed E-state index contributed by atoms with van der Waals surface area (Å²) in [6.45, 7) is 1.46. The molecule has 23 heavy (non-hydrogen) atoms. The number of rotatable bonds is 5. The minimum absolute atomic E-state index is 0.262. The highest BCUT2D eigenvalue weighted by molar-refractivity contribution is 6.02. The molecule has 0 aliphatic carbocycles. The van der Waals surface area contributed by atoms with Crippen LogP contribution in [0, 0.1) is 0 Å². The van der Waals surface area contributed by atoms with Gasteiger partial charge in [0.05, 0.1) is 20.2 Å². The van der Waals surface area contributed by atoms with Crippen molar-refractivity contribution >= 4 is 11.8 Å². The fourth-order valence-electron chi connectivity index (χ4n) is 2.49.